The standard InChI is InChI=1S/C11H16N2O5/c14-8-11(3-5-17-6-4-11)12-7-9-1-2-10(18-9)13(15)16/h1-2,12,14H,3-8H2. The lowest BCUT2D eigenvalue weighted by Crippen LogP contribution is -2.51. The first-order chi connectivity index (χ1) is 8.65. The number of nitrogens with zero attached hydrogens (tertiary/aromatic N) is 1. The Labute approximate surface area is 104 Å². The molecule has 1 aliphatic rings. The molecule has 7 heteroatoms. The van der Waals surface area contributed by atoms with E-state index in [2.05, 4.69) is 5.32 Å². The molecule has 0 unspecified atom stereocenters. The molecule has 1 saturated heterocycles. The molecule has 0 radical (unpaired) electrons. The van der Waals surface area contributed by atoms with Gasteiger partial charge in [-0.15, -0.1) is 0 Å². The fourth-order valence-corrected chi connectivity index (χ4v) is 1.99. The third-order valence-electron chi connectivity index (χ3n) is 3.22. The van der Waals surface area contributed by atoms with Crippen LogP contribution in [0.4, 0.5) is 5.88 Å². The Kier molecular flexibility index (Phi) is 3.95. The van der Waals surface area contributed by atoms with Crippen molar-refractivity contribution >= 4 is 5.88 Å². The van der Waals surface area contributed by atoms with E-state index in [4.69, 9.17) is 9.15 Å². The van der Waals surface area contributed by atoms with Crippen molar-refractivity contribution in [3.8, 4) is 0 Å². The Morgan fingerprint density at radius 2 is 2.17 bits per heavy atom. The van der Waals surface area contributed by atoms with Gasteiger partial charge < -0.3 is 19.6 Å². The summed E-state index contributed by atoms with van der Waals surface area (Å²) in [7, 11) is 0. The molecule has 0 atom stereocenters. The van der Waals surface area contributed by atoms with Gasteiger partial charge in [-0.2, -0.15) is 0 Å². The van der Waals surface area contributed by atoms with Crippen molar-refractivity contribution in [1.82, 2.24) is 5.32 Å². The summed E-state index contributed by atoms with van der Waals surface area (Å²) in [5.74, 6) is 0.220. The van der Waals surface area contributed by atoms with Gasteiger partial charge in [0.1, 0.15) is 10.7 Å². The molecule has 2 heterocycles. The molecule has 0 saturated carbocycles. The summed E-state index contributed by atoms with van der Waals surface area (Å²) in [4.78, 5) is 9.90. The van der Waals surface area contributed by atoms with Gasteiger partial charge in [-0.3, -0.25) is 10.1 Å². The van der Waals surface area contributed by atoms with Crippen molar-refractivity contribution in [3.63, 3.8) is 0 Å². The SMILES string of the molecule is O=[N+]([O-])c1ccc(CNC2(CO)CCOCC2)o1. The molecule has 1 aliphatic heterocycles. The van der Waals surface area contributed by atoms with Crippen molar-refractivity contribution in [2.75, 3.05) is 19.8 Å². The highest BCUT2D eigenvalue weighted by Gasteiger charge is 2.31. The van der Waals surface area contributed by atoms with Crippen LogP contribution in [-0.2, 0) is 11.3 Å². The quantitative estimate of drug-likeness (QED) is 0.598. The van der Waals surface area contributed by atoms with Crippen molar-refractivity contribution in [3.05, 3.63) is 28.0 Å². The molecule has 0 spiro atoms. The van der Waals surface area contributed by atoms with E-state index in [1.165, 1.54) is 6.07 Å². The first-order valence-corrected chi connectivity index (χ1v) is 5.82. The summed E-state index contributed by atoms with van der Waals surface area (Å²) >= 11 is 0. The molecule has 0 bridgehead atoms. The van der Waals surface area contributed by atoms with Crippen molar-refractivity contribution in [1.29, 1.82) is 0 Å². The molecule has 0 amide bonds. The predicted molar refractivity (Wildman–Crippen MR) is 62.1 cm³/mol. The average molecular weight is 256 g/mol. The van der Waals surface area contributed by atoms with Crippen LogP contribution < -0.4 is 5.32 Å². The van der Waals surface area contributed by atoms with E-state index in [1.54, 1.807) is 6.07 Å². The number of ether oxygens (including phenoxy) is 1. The van der Waals surface area contributed by atoms with Crippen molar-refractivity contribution < 1.29 is 19.2 Å². The average Bonchev–Trinajstić information content (AvgIpc) is 2.87. The van der Waals surface area contributed by atoms with Gasteiger partial charge in [0.25, 0.3) is 0 Å². The van der Waals surface area contributed by atoms with E-state index in [-0.39, 0.29) is 18.0 Å². The van der Waals surface area contributed by atoms with Gasteiger partial charge in [0, 0.05) is 18.8 Å². The summed E-state index contributed by atoms with van der Waals surface area (Å²) < 4.78 is 10.3. The lowest BCUT2D eigenvalue weighted by Gasteiger charge is -2.36. The molecule has 0 aliphatic carbocycles. The van der Waals surface area contributed by atoms with Gasteiger partial charge in [-0.05, 0) is 18.9 Å². The Morgan fingerprint density at radius 1 is 1.44 bits per heavy atom. The van der Waals surface area contributed by atoms with Crippen LogP contribution >= 0.6 is 0 Å². The van der Waals surface area contributed by atoms with E-state index < -0.39 is 4.92 Å². The molecular formula is C11H16N2O5. The fraction of sp³-hybridized carbons (Fsp3) is 0.636. The normalized spacial score (nSPS) is 18.7. The molecule has 100 valence electrons. The van der Waals surface area contributed by atoms with Gasteiger partial charge in [0.15, 0.2) is 0 Å². The second-order valence-corrected chi connectivity index (χ2v) is 4.40. The number of hydrogen-bond donors (Lipinski definition) is 2. The van der Waals surface area contributed by atoms with E-state index in [0.29, 0.717) is 38.4 Å². The summed E-state index contributed by atoms with van der Waals surface area (Å²) in [5.41, 5.74) is -0.375. The number of aliphatic hydroxyl groups is 1. The highest BCUT2D eigenvalue weighted by molar-refractivity contribution is 5.17. The zero-order valence-corrected chi connectivity index (χ0v) is 9.92. The zero-order chi connectivity index (χ0) is 13.0. The minimum Gasteiger partial charge on any atom is -0.404 e. The lowest BCUT2D eigenvalue weighted by atomic mass is 9.91. The molecule has 1 aromatic heterocycles. The van der Waals surface area contributed by atoms with Gasteiger partial charge in [0.05, 0.1) is 19.2 Å². The van der Waals surface area contributed by atoms with E-state index >= 15 is 0 Å². The smallest absolute Gasteiger partial charge is 0.404 e. The number of hydrogen-bond acceptors (Lipinski definition) is 6. The van der Waals surface area contributed by atoms with Crippen LogP contribution in [-0.4, -0.2) is 35.4 Å². The van der Waals surface area contributed by atoms with Gasteiger partial charge >= 0.3 is 5.88 Å². The summed E-state index contributed by atoms with van der Waals surface area (Å²) in [6.45, 7) is 1.57. The largest absolute Gasteiger partial charge is 0.433 e. The summed E-state index contributed by atoms with van der Waals surface area (Å²) in [5, 5.41) is 23.1. The maximum Gasteiger partial charge on any atom is 0.433 e. The van der Waals surface area contributed by atoms with Crippen LogP contribution in [0.25, 0.3) is 0 Å². The third kappa shape index (κ3) is 2.87. The van der Waals surface area contributed by atoms with Crippen molar-refractivity contribution in [2.45, 2.75) is 24.9 Å². The number of furan rings is 1. The van der Waals surface area contributed by atoms with Crippen molar-refractivity contribution in [2.24, 2.45) is 0 Å². The molecule has 0 aromatic carbocycles. The highest BCUT2D eigenvalue weighted by atomic mass is 16.6. The summed E-state index contributed by atoms with van der Waals surface area (Å²) in [6, 6.07) is 2.89. The fourth-order valence-electron chi connectivity index (χ4n) is 1.99. The second-order valence-electron chi connectivity index (χ2n) is 4.40. The first kappa shape index (κ1) is 13.0. The minimum absolute atomic E-state index is 0.0131. The monoisotopic (exact) mass is 256 g/mol. The van der Waals surface area contributed by atoms with Crippen LogP contribution in [0.1, 0.15) is 18.6 Å². The van der Waals surface area contributed by atoms with Gasteiger partial charge in [-0.25, -0.2) is 0 Å². The van der Waals surface area contributed by atoms with Gasteiger partial charge in [-0.1, -0.05) is 0 Å². The Hall–Kier alpha value is -1.44. The second kappa shape index (κ2) is 5.47. The molecule has 7 nitrogen and oxygen atoms in total. The topological polar surface area (TPSA) is 97.8 Å². The number of nitrogens with one attached hydrogen (secondary N) is 1. The Balaban J connectivity index is 1.94. The van der Waals surface area contributed by atoms with Crippen LogP contribution in [0, 0.1) is 10.1 Å². The van der Waals surface area contributed by atoms with Crippen LogP contribution in [0.15, 0.2) is 16.5 Å². The van der Waals surface area contributed by atoms with Gasteiger partial charge in [0.2, 0.25) is 0 Å². The summed E-state index contributed by atoms with van der Waals surface area (Å²) in [6.07, 6.45) is 1.43. The first-order valence-electron chi connectivity index (χ1n) is 5.82. The van der Waals surface area contributed by atoms with E-state index in [9.17, 15) is 15.2 Å². The molecule has 1 fully saturated rings. The lowest BCUT2D eigenvalue weighted by molar-refractivity contribution is -0.402. The molecule has 1 aromatic rings. The van der Waals surface area contributed by atoms with Crippen LogP contribution in [0.3, 0.4) is 0 Å². The number of aliphatic hydroxyl groups excluding tert-OH is 1. The highest BCUT2D eigenvalue weighted by Crippen LogP contribution is 2.22. The predicted octanol–water partition coefficient (Wildman–Crippen LogP) is 0.819. The molecule has 2 N–H and O–H groups in total. The maximum absolute atomic E-state index is 10.5. The van der Waals surface area contributed by atoms with E-state index in [1.807, 2.05) is 0 Å². The zero-order valence-electron chi connectivity index (χ0n) is 9.92. The molecule has 2 rings (SSSR count). The molecule has 18 heavy (non-hydrogen) atoms. The number of nitro groups is 1. The van der Waals surface area contributed by atoms with Crippen LogP contribution in [0.2, 0.25) is 0 Å². The number of rotatable bonds is 5. The Morgan fingerprint density at radius 3 is 2.72 bits per heavy atom. The molecular weight excluding hydrogens is 240 g/mol. The maximum atomic E-state index is 10.5. The van der Waals surface area contributed by atoms with E-state index in [0.717, 1.165) is 0 Å². The van der Waals surface area contributed by atoms with Crippen LogP contribution in [0.5, 0.6) is 0 Å². The third-order valence-corrected chi connectivity index (χ3v) is 3.22. The Bertz CT molecular complexity index is 411. The minimum atomic E-state index is -0.570.